The molecule has 1 heterocycles. The van der Waals surface area contributed by atoms with Gasteiger partial charge in [-0.1, -0.05) is 6.92 Å². The first-order valence-corrected chi connectivity index (χ1v) is 8.11. The van der Waals surface area contributed by atoms with Gasteiger partial charge in [0, 0.05) is 12.6 Å². The van der Waals surface area contributed by atoms with Crippen LogP contribution in [0.3, 0.4) is 0 Å². The number of piperidine rings is 1. The molecule has 3 N–H and O–H groups in total. The Balaban J connectivity index is 2.34. The molecule has 0 aromatic rings. The Morgan fingerprint density at radius 1 is 1.48 bits per heavy atom. The monoisotopic (exact) mass is 294 g/mol. The second-order valence-electron chi connectivity index (χ2n) is 6.45. The number of hydrogen-bond donors (Lipinski definition) is 2. The third-order valence-corrected chi connectivity index (χ3v) is 4.60. The van der Waals surface area contributed by atoms with Crippen molar-refractivity contribution in [1.82, 2.24) is 10.2 Å². The second-order valence-corrected chi connectivity index (χ2v) is 6.45. The zero-order valence-corrected chi connectivity index (χ0v) is 13.7. The average Bonchev–Trinajstić information content (AvgIpc) is 2.45. The molecule has 0 aliphatic carbocycles. The summed E-state index contributed by atoms with van der Waals surface area (Å²) in [5.74, 6) is -0.163. The number of hydrogen-bond acceptors (Lipinski definition) is 4. The van der Waals surface area contributed by atoms with Crippen molar-refractivity contribution in [2.24, 2.45) is 11.7 Å². The predicted octanol–water partition coefficient (Wildman–Crippen LogP) is 1.63. The molecule has 1 saturated heterocycles. The molecule has 1 amide bonds. The number of rotatable bonds is 8. The zero-order chi connectivity index (χ0) is 15.9. The van der Waals surface area contributed by atoms with Crippen LogP contribution in [0.4, 0.5) is 0 Å². The Bertz CT molecular complexity index is 379. The lowest BCUT2D eigenvalue weighted by Gasteiger charge is -2.37. The summed E-state index contributed by atoms with van der Waals surface area (Å²) in [6.45, 7) is 8.79. The summed E-state index contributed by atoms with van der Waals surface area (Å²) in [4.78, 5) is 13.7. The quantitative estimate of drug-likeness (QED) is 0.667. The van der Waals surface area contributed by atoms with Gasteiger partial charge in [-0.3, -0.25) is 15.0 Å². The maximum absolute atomic E-state index is 11.3. The minimum Gasteiger partial charge on any atom is -0.369 e. The minimum atomic E-state index is -0.419. The van der Waals surface area contributed by atoms with Crippen LogP contribution in [0.5, 0.6) is 0 Å². The van der Waals surface area contributed by atoms with Crippen molar-refractivity contribution in [2.45, 2.75) is 64.5 Å². The number of amides is 1. The summed E-state index contributed by atoms with van der Waals surface area (Å²) in [7, 11) is 0. The fraction of sp³-hybridized carbons (Fsp3) is 0.875. The normalized spacial score (nSPS) is 26.0. The van der Waals surface area contributed by atoms with Crippen LogP contribution >= 0.6 is 0 Å². The van der Waals surface area contributed by atoms with Gasteiger partial charge in [-0.05, 0) is 59.0 Å². The lowest BCUT2D eigenvalue weighted by atomic mass is 9.92. The van der Waals surface area contributed by atoms with Gasteiger partial charge in [0.05, 0.1) is 12.0 Å². The maximum Gasteiger partial charge on any atom is 0.221 e. The van der Waals surface area contributed by atoms with E-state index in [2.05, 4.69) is 23.2 Å². The Hall–Kier alpha value is -1.12. The molecule has 21 heavy (non-hydrogen) atoms. The summed E-state index contributed by atoms with van der Waals surface area (Å²) >= 11 is 0. The fourth-order valence-electron chi connectivity index (χ4n) is 3.09. The third-order valence-electron chi connectivity index (χ3n) is 4.60. The van der Waals surface area contributed by atoms with Crippen LogP contribution in [0, 0.1) is 17.2 Å². The number of carbonyl (C=O) groups excluding carboxylic acids is 1. The van der Waals surface area contributed by atoms with Crippen LogP contribution in [0.2, 0.25) is 0 Å². The van der Waals surface area contributed by atoms with Gasteiger partial charge in [-0.2, -0.15) is 5.26 Å². The standard InChI is InChI=1S/C16H30N4O/c1-4-19-16(3,12-17)9-5-6-10-20-11-14(15(18)21)8-7-13(20)2/h13-14,19H,4-11H2,1-3H3,(H2,18,21). The summed E-state index contributed by atoms with van der Waals surface area (Å²) in [5.41, 5.74) is 5.01. The number of primary amides is 1. The molecule has 0 aromatic heterocycles. The molecular formula is C16H30N4O. The van der Waals surface area contributed by atoms with E-state index in [1.165, 1.54) is 0 Å². The van der Waals surface area contributed by atoms with Crippen molar-refractivity contribution in [2.75, 3.05) is 19.6 Å². The molecule has 1 aliphatic rings. The van der Waals surface area contributed by atoms with E-state index >= 15 is 0 Å². The van der Waals surface area contributed by atoms with Gasteiger partial charge in [0.25, 0.3) is 0 Å². The molecule has 5 nitrogen and oxygen atoms in total. The fourth-order valence-corrected chi connectivity index (χ4v) is 3.09. The molecule has 0 radical (unpaired) electrons. The van der Waals surface area contributed by atoms with Gasteiger partial charge < -0.3 is 5.73 Å². The molecular weight excluding hydrogens is 264 g/mol. The molecule has 0 aromatic carbocycles. The minimum absolute atomic E-state index is 0.00679. The Morgan fingerprint density at radius 3 is 2.76 bits per heavy atom. The zero-order valence-electron chi connectivity index (χ0n) is 13.7. The molecule has 0 bridgehead atoms. The third kappa shape index (κ3) is 5.64. The van der Waals surface area contributed by atoms with Crippen molar-refractivity contribution in [3.05, 3.63) is 0 Å². The average molecular weight is 294 g/mol. The first kappa shape index (κ1) is 17.9. The highest BCUT2D eigenvalue weighted by molar-refractivity contribution is 5.76. The first-order valence-electron chi connectivity index (χ1n) is 8.11. The lowest BCUT2D eigenvalue weighted by Crippen LogP contribution is -2.46. The van der Waals surface area contributed by atoms with Gasteiger partial charge in [-0.15, -0.1) is 0 Å². The number of carbonyl (C=O) groups is 1. The van der Waals surface area contributed by atoms with E-state index in [1.54, 1.807) is 0 Å². The van der Waals surface area contributed by atoms with Gasteiger partial charge in [0.1, 0.15) is 5.54 Å². The number of likely N-dealkylation sites (tertiary alicyclic amines) is 1. The van der Waals surface area contributed by atoms with Crippen molar-refractivity contribution in [1.29, 1.82) is 5.26 Å². The molecule has 1 fully saturated rings. The number of nitrogens with zero attached hydrogens (tertiary/aromatic N) is 2. The van der Waals surface area contributed by atoms with E-state index < -0.39 is 5.54 Å². The van der Waals surface area contributed by atoms with Crippen LogP contribution in [0.25, 0.3) is 0 Å². The van der Waals surface area contributed by atoms with E-state index in [9.17, 15) is 10.1 Å². The molecule has 5 heteroatoms. The summed E-state index contributed by atoms with van der Waals surface area (Å²) in [6, 6.07) is 2.89. The Labute approximate surface area is 128 Å². The van der Waals surface area contributed by atoms with Gasteiger partial charge in [0.15, 0.2) is 0 Å². The van der Waals surface area contributed by atoms with Crippen LogP contribution in [-0.4, -0.2) is 42.0 Å². The van der Waals surface area contributed by atoms with E-state index in [0.717, 1.165) is 51.7 Å². The summed E-state index contributed by atoms with van der Waals surface area (Å²) in [5, 5.41) is 12.5. The molecule has 0 spiro atoms. The molecule has 3 unspecified atom stereocenters. The van der Waals surface area contributed by atoms with Gasteiger partial charge in [0.2, 0.25) is 5.91 Å². The van der Waals surface area contributed by atoms with E-state index in [-0.39, 0.29) is 11.8 Å². The van der Waals surface area contributed by atoms with E-state index in [4.69, 9.17) is 5.73 Å². The van der Waals surface area contributed by atoms with Gasteiger partial charge in [-0.25, -0.2) is 0 Å². The van der Waals surface area contributed by atoms with E-state index in [0.29, 0.717) is 6.04 Å². The summed E-state index contributed by atoms with van der Waals surface area (Å²) < 4.78 is 0. The lowest BCUT2D eigenvalue weighted by molar-refractivity contribution is -0.123. The molecule has 120 valence electrons. The summed E-state index contributed by atoms with van der Waals surface area (Å²) in [6.07, 6.45) is 4.89. The van der Waals surface area contributed by atoms with Crippen molar-refractivity contribution >= 4 is 5.91 Å². The highest BCUT2D eigenvalue weighted by Crippen LogP contribution is 2.22. The maximum atomic E-state index is 11.3. The molecule has 3 atom stereocenters. The number of nitrogens with one attached hydrogen (secondary N) is 1. The van der Waals surface area contributed by atoms with Crippen LogP contribution < -0.4 is 11.1 Å². The van der Waals surface area contributed by atoms with Crippen molar-refractivity contribution in [3.63, 3.8) is 0 Å². The number of unbranched alkanes of at least 4 members (excludes halogenated alkanes) is 1. The first-order chi connectivity index (χ1) is 9.91. The van der Waals surface area contributed by atoms with Crippen LogP contribution in [0.1, 0.15) is 52.9 Å². The predicted molar refractivity (Wildman–Crippen MR) is 84.5 cm³/mol. The molecule has 1 rings (SSSR count). The van der Waals surface area contributed by atoms with Crippen LogP contribution in [0.15, 0.2) is 0 Å². The van der Waals surface area contributed by atoms with Crippen molar-refractivity contribution in [3.8, 4) is 6.07 Å². The molecule has 1 aliphatic heterocycles. The van der Waals surface area contributed by atoms with Crippen LogP contribution in [-0.2, 0) is 4.79 Å². The second kappa shape index (κ2) is 8.35. The van der Waals surface area contributed by atoms with Gasteiger partial charge >= 0.3 is 0 Å². The Morgan fingerprint density at radius 2 is 2.19 bits per heavy atom. The Kier molecular flexibility index (Phi) is 7.13. The SMILES string of the molecule is CCNC(C)(C#N)CCCCN1CC(C(N)=O)CCC1C. The highest BCUT2D eigenvalue weighted by atomic mass is 16.1. The number of nitriles is 1. The smallest absolute Gasteiger partial charge is 0.221 e. The largest absolute Gasteiger partial charge is 0.369 e. The van der Waals surface area contributed by atoms with Crippen molar-refractivity contribution < 1.29 is 4.79 Å². The topological polar surface area (TPSA) is 82.2 Å². The van der Waals surface area contributed by atoms with E-state index in [1.807, 2.05) is 13.8 Å². The number of nitrogens with two attached hydrogens (primary N) is 1. The molecule has 0 saturated carbocycles. The highest BCUT2D eigenvalue weighted by Gasteiger charge is 2.28.